The summed E-state index contributed by atoms with van der Waals surface area (Å²) >= 11 is 0. The van der Waals surface area contributed by atoms with Crippen LogP contribution in [0.1, 0.15) is 110 Å². The minimum absolute atomic E-state index is 0.336. The van der Waals surface area contributed by atoms with Crippen LogP contribution in [0.2, 0.25) is 0 Å². The zero-order valence-corrected chi connectivity index (χ0v) is 21.0. The van der Waals surface area contributed by atoms with Crippen LogP contribution in [0.3, 0.4) is 0 Å². The maximum Gasteiger partial charge on any atom is 0.335 e. The average Bonchev–Trinajstić information content (AvgIpc) is 3.02. The van der Waals surface area contributed by atoms with Crippen LogP contribution in [0.25, 0.3) is 6.08 Å². The molecule has 0 aromatic heterocycles. The van der Waals surface area contributed by atoms with Crippen LogP contribution in [-0.4, -0.2) is 11.1 Å². The molecule has 0 amide bonds. The van der Waals surface area contributed by atoms with E-state index in [1.807, 2.05) is 12.1 Å². The Hall–Kier alpha value is -2.35. The third-order valence-electron chi connectivity index (χ3n) is 6.91. The number of benzene rings is 2. The van der Waals surface area contributed by atoms with E-state index in [9.17, 15) is 4.79 Å². The summed E-state index contributed by atoms with van der Waals surface area (Å²) in [5.41, 5.74) is 8.17. The summed E-state index contributed by atoms with van der Waals surface area (Å²) in [5, 5.41) is 9.08. The number of carboxylic acid groups (broad SMARTS) is 1. The molecule has 0 radical (unpaired) electrons. The molecule has 2 aromatic carbocycles. The number of rotatable bonds is 10. The van der Waals surface area contributed by atoms with Gasteiger partial charge in [0.1, 0.15) is 0 Å². The molecule has 0 spiro atoms. The van der Waals surface area contributed by atoms with Crippen LogP contribution in [0, 0.1) is 5.41 Å². The number of carbonyl (C=O) groups is 1. The van der Waals surface area contributed by atoms with Crippen LogP contribution in [-0.2, 0) is 25.7 Å². The molecule has 33 heavy (non-hydrogen) atoms. The predicted molar refractivity (Wildman–Crippen MR) is 140 cm³/mol. The molecule has 0 saturated carbocycles. The van der Waals surface area contributed by atoms with Gasteiger partial charge in [0.25, 0.3) is 0 Å². The van der Waals surface area contributed by atoms with Gasteiger partial charge in [-0.2, -0.15) is 0 Å². The molecule has 0 fully saturated rings. The summed E-state index contributed by atoms with van der Waals surface area (Å²) in [6, 6.07) is 11.9. The molecule has 0 atom stereocenters. The second kappa shape index (κ2) is 12.2. The Labute approximate surface area is 201 Å². The van der Waals surface area contributed by atoms with Gasteiger partial charge < -0.3 is 5.11 Å². The van der Waals surface area contributed by atoms with Gasteiger partial charge in [-0.3, -0.25) is 0 Å². The van der Waals surface area contributed by atoms with Crippen molar-refractivity contribution in [3.05, 3.63) is 75.9 Å². The highest BCUT2D eigenvalue weighted by molar-refractivity contribution is 5.87. The lowest BCUT2D eigenvalue weighted by molar-refractivity contribution is 0.0697. The topological polar surface area (TPSA) is 37.3 Å². The molecule has 0 bridgehead atoms. The number of carboxylic acids is 1. The smallest absolute Gasteiger partial charge is 0.335 e. The highest BCUT2D eigenvalue weighted by Crippen LogP contribution is 2.29. The Morgan fingerprint density at radius 3 is 2.36 bits per heavy atom. The fraction of sp³-hybridized carbons (Fsp3) is 0.516. The maximum atomic E-state index is 11.1. The SMILES string of the molecule is CC(C)(C)CCCCCCc1c(C/C=C\c2ccc(C(=O)O)cc2)ccc2c1CCCCC2. The van der Waals surface area contributed by atoms with Crippen LogP contribution >= 0.6 is 0 Å². The third kappa shape index (κ3) is 8.18. The van der Waals surface area contributed by atoms with E-state index in [0.717, 1.165) is 12.0 Å². The average molecular weight is 447 g/mol. The number of allylic oxidation sites excluding steroid dienone is 1. The lowest BCUT2D eigenvalue weighted by Gasteiger charge is -2.18. The molecule has 0 aliphatic heterocycles. The van der Waals surface area contributed by atoms with E-state index in [2.05, 4.69) is 45.1 Å². The van der Waals surface area contributed by atoms with Crippen molar-refractivity contribution >= 4 is 12.0 Å². The van der Waals surface area contributed by atoms with Crippen molar-refractivity contribution in [3.63, 3.8) is 0 Å². The van der Waals surface area contributed by atoms with Gasteiger partial charge in [-0.15, -0.1) is 0 Å². The van der Waals surface area contributed by atoms with Crippen molar-refractivity contribution in [3.8, 4) is 0 Å². The van der Waals surface area contributed by atoms with Crippen molar-refractivity contribution in [2.45, 2.75) is 97.8 Å². The van der Waals surface area contributed by atoms with Gasteiger partial charge in [0, 0.05) is 0 Å². The zero-order valence-electron chi connectivity index (χ0n) is 21.0. The number of aryl methyl sites for hydroxylation is 1. The van der Waals surface area contributed by atoms with Gasteiger partial charge in [0.2, 0.25) is 0 Å². The first-order valence-electron chi connectivity index (χ1n) is 13.0. The number of aromatic carboxylic acids is 1. The van der Waals surface area contributed by atoms with Crippen molar-refractivity contribution in [2.75, 3.05) is 0 Å². The fourth-order valence-corrected chi connectivity index (χ4v) is 5.00. The molecule has 0 unspecified atom stereocenters. The lowest BCUT2D eigenvalue weighted by Crippen LogP contribution is -2.05. The van der Waals surface area contributed by atoms with Crippen molar-refractivity contribution in [1.29, 1.82) is 0 Å². The summed E-state index contributed by atoms with van der Waals surface area (Å²) in [4.78, 5) is 11.1. The highest BCUT2D eigenvalue weighted by atomic mass is 16.4. The first kappa shape index (κ1) is 25.3. The molecule has 0 saturated heterocycles. The minimum atomic E-state index is -0.876. The van der Waals surface area contributed by atoms with Crippen molar-refractivity contribution < 1.29 is 9.90 Å². The van der Waals surface area contributed by atoms with Gasteiger partial charge >= 0.3 is 5.97 Å². The molecule has 1 N–H and O–H groups in total. The molecular formula is C31H42O2. The van der Waals surface area contributed by atoms with Gasteiger partial charge in [-0.05, 0) is 96.7 Å². The van der Waals surface area contributed by atoms with E-state index in [1.54, 1.807) is 28.8 Å². The molecule has 178 valence electrons. The van der Waals surface area contributed by atoms with Crippen LogP contribution in [0.15, 0.2) is 42.5 Å². The minimum Gasteiger partial charge on any atom is -0.478 e. The van der Waals surface area contributed by atoms with E-state index < -0.39 is 5.97 Å². The summed E-state index contributed by atoms with van der Waals surface area (Å²) < 4.78 is 0. The van der Waals surface area contributed by atoms with E-state index in [0.29, 0.717) is 11.0 Å². The summed E-state index contributed by atoms with van der Waals surface area (Å²) in [6.07, 6.45) is 19.6. The third-order valence-corrected chi connectivity index (χ3v) is 6.91. The second-order valence-electron chi connectivity index (χ2n) is 10.9. The van der Waals surface area contributed by atoms with Crippen LogP contribution < -0.4 is 0 Å². The molecule has 3 rings (SSSR count). The Morgan fingerprint density at radius 2 is 1.64 bits per heavy atom. The van der Waals surface area contributed by atoms with Crippen molar-refractivity contribution in [1.82, 2.24) is 0 Å². The normalized spacial score (nSPS) is 14.3. The van der Waals surface area contributed by atoms with E-state index >= 15 is 0 Å². The molecule has 2 nitrogen and oxygen atoms in total. The summed E-state index contributed by atoms with van der Waals surface area (Å²) in [5.74, 6) is -0.876. The van der Waals surface area contributed by atoms with Gasteiger partial charge in [-0.1, -0.05) is 82.9 Å². The summed E-state index contributed by atoms with van der Waals surface area (Å²) in [6.45, 7) is 7.02. The monoisotopic (exact) mass is 446 g/mol. The Bertz CT molecular complexity index is 929. The standard InChI is InChI=1S/C31H42O2/c1-31(2,3)23-10-5-4-8-15-29-26(22-21-25-13-7-6-9-16-28(25)29)14-11-12-24-17-19-27(20-18-24)30(32)33/h11-12,17-22H,4-10,13-16,23H2,1-3H3,(H,32,33)/b12-11-. The molecular weight excluding hydrogens is 404 g/mol. The van der Waals surface area contributed by atoms with E-state index in [-0.39, 0.29) is 0 Å². The first-order valence-corrected chi connectivity index (χ1v) is 13.0. The largest absolute Gasteiger partial charge is 0.478 e. The second-order valence-corrected chi connectivity index (χ2v) is 10.9. The highest BCUT2D eigenvalue weighted by Gasteiger charge is 2.15. The van der Waals surface area contributed by atoms with Gasteiger partial charge in [-0.25, -0.2) is 4.79 Å². The number of hydrogen-bond donors (Lipinski definition) is 1. The quantitative estimate of drug-likeness (QED) is 0.293. The molecule has 2 aromatic rings. The predicted octanol–water partition coefficient (Wildman–Crippen LogP) is 8.45. The maximum absolute atomic E-state index is 11.1. The number of fused-ring (bicyclic) bond motifs is 1. The number of hydrogen-bond acceptors (Lipinski definition) is 1. The first-order chi connectivity index (χ1) is 15.8. The van der Waals surface area contributed by atoms with Gasteiger partial charge in [0.15, 0.2) is 0 Å². The van der Waals surface area contributed by atoms with Crippen molar-refractivity contribution in [2.24, 2.45) is 5.41 Å². The van der Waals surface area contributed by atoms with E-state index in [4.69, 9.17) is 5.11 Å². The molecule has 1 aliphatic carbocycles. The van der Waals surface area contributed by atoms with Gasteiger partial charge in [0.05, 0.1) is 5.56 Å². The number of unbranched alkanes of at least 4 members (excludes halogenated alkanes) is 3. The molecule has 0 heterocycles. The zero-order chi connectivity index (χ0) is 23.7. The Morgan fingerprint density at radius 1 is 0.909 bits per heavy atom. The fourth-order valence-electron chi connectivity index (χ4n) is 5.00. The molecule has 1 aliphatic rings. The Balaban J connectivity index is 1.67. The van der Waals surface area contributed by atoms with Crippen LogP contribution in [0.4, 0.5) is 0 Å². The Kier molecular flexibility index (Phi) is 9.35. The summed E-state index contributed by atoms with van der Waals surface area (Å²) in [7, 11) is 0. The van der Waals surface area contributed by atoms with Crippen LogP contribution in [0.5, 0.6) is 0 Å². The lowest BCUT2D eigenvalue weighted by atomic mass is 9.87. The molecule has 2 heteroatoms. The van der Waals surface area contributed by atoms with E-state index in [1.165, 1.54) is 76.2 Å².